The minimum Gasteiger partial charge on any atom is -0.452 e. The number of rotatable bonds is 6. The molecular weight excluding hydrogens is 386 g/mol. The molecule has 1 aromatic heterocycles. The molecule has 0 atom stereocenters. The van der Waals surface area contributed by atoms with Gasteiger partial charge in [-0.3, -0.25) is 4.79 Å². The number of hydrogen-bond acceptors (Lipinski definition) is 6. The molecule has 0 N–H and O–H groups in total. The standard InChI is InChI=1S/C19H18ClN3O5/c1-13-15(18(20)23(21-13)11-14-5-3-2-4-6-14)7-8-17(25)28-12-16(24)22-9-10-27-19(22)26/h2-8H,9-12H2,1H3/b8-7+. The van der Waals surface area contributed by atoms with Crippen LogP contribution in [0.4, 0.5) is 4.79 Å². The first-order chi connectivity index (χ1) is 13.5. The Kier molecular flexibility index (Phi) is 6.10. The molecule has 146 valence electrons. The number of ether oxygens (including phenoxy) is 2. The summed E-state index contributed by atoms with van der Waals surface area (Å²) in [5, 5.41) is 4.78. The summed E-state index contributed by atoms with van der Waals surface area (Å²) < 4.78 is 11.2. The highest BCUT2D eigenvalue weighted by Crippen LogP contribution is 2.22. The van der Waals surface area contributed by atoms with E-state index in [0.717, 1.165) is 10.5 Å². The van der Waals surface area contributed by atoms with Crippen molar-refractivity contribution in [2.75, 3.05) is 19.8 Å². The van der Waals surface area contributed by atoms with Crippen molar-refractivity contribution in [3.8, 4) is 0 Å². The van der Waals surface area contributed by atoms with Gasteiger partial charge in [0.2, 0.25) is 0 Å². The van der Waals surface area contributed by atoms with E-state index in [-0.39, 0.29) is 13.2 Å². The first-order valence-electron chi connectivity index (χ1n) is 8.54. The zero-order valence-corrected chi connectivity index (χ0v) is 15.9. The van der Waals surface area contributed by atoms with Gasteiger partial charge in [-0.1, -0.05) is 41.9 Å². The largest absolute Gasteiger partial charge is 0.452 e. The van der Waals surface area contributed by atoms with Gasteiger partial charge in [0, 0.05) is 11.6 Å². The Labute approximate surface area is 166 Å². The van der Waals surface area contributed by atoms with Gasteiger partial charge in [0.25, 0.3) is 5.91 Å². The SMILES string of the molecule is Cc1nn(Cc2ccccc2)c(Cl)c1/C=C/C(=O)OCC(=O)N1CCOC1=O. The third-order valence-electron chi connectivity index (χ3n) is 4.07. The second-order valence-electron chi connectivity index (χ2n) is 6.03. The summed E-state index contributed by atoms with van der Waals surface area (Å²) in [5.41, 5.74) is 2.28. The molecule has 0 aliphatic carbocycles. The van der Waals surface area contributed by atoms with Gasteiger partial charge < -0.3 is 9.47 Å². The average molecular weight is 404 g/mol. The van der Waals surface area contributed by atoms with Crippen LogP contribution in [0.2, 0.25) is 5.15 Å². The number of aryl methyl sites for hydroxylation is 1. The van der Waals surface area contributed by atoms with Crippen molar-refractivity contribution < 1.29 is 23.9 Å². The molecule has 2 amide bonds. The van der Waals surface area contributed by atoms with E-state index in [1.54, 1.807) is 11.6 Å². The number of carbonyl (C=O) groups is 3. The van der Waals surface area contributed by atoms with Crippen LogP contribution in [-0.2, 0) is 25.6 Å². The van der Waals surface area contributed by atoms with Crippen LogP contribution in [0.25, 0.3) is 6.08 Å². The van der Waals surface area contributed by atoms with Gasteiger partial charge >= 0.3 is 12.1 Å². The number of cyclic esters (lactones) is 1. The van der Waals surface area contributed by atoms with Gasteiger partial charge in [-0.25, -0.2) is 19.2 Å². The predicted molar refractivity (Wildman–Crippen MR) is 101 cm³/mol. The van der Waals surface area contributed by atoms with Crippen molar-refractivity contribution >= 4 is 35.6 Å². The minimum absolute atomic E-state index is 0.142. The zero-order valence-electron chi connectivity index (χ0n) is 15.1. The lowest BCUT2D eigenvalue weighted by Crippen LogP contribution is -2.35. The summed E-state index contributed by atoms with van der Waals surface area (Å²) in [5.74, 6) is -1.36. The van der Waals surface area contributed by atoms with Crippen molar-refractivity contribution in [3.05, 3.63) is 58.4 Å². The maximum atomic E-state index is 11.9. The van der Waals surface area contributed by atoms with Gasteiger partial charge in [0.1, 0.15) is 11.8 Å². The van der Waals surface area contributed by atoms with Crippen LogP contribution in [0.5, 0.6) is 0 Å². The molecule has 1 aliphatic rings. The third kappa shape index (κ3) is 4.58. The number of esters is 1. The molecule has 28 heavy (non-hydrogen) atoms. The normalized spacial score (nSPS) is 13.8. The molecule has 2 heterocycles. The molecule has 0 saturated carbocycles. The Morgan fingerprint density at radius 1 is 1.32 bits per heavy atom. The van der Waals surface area contributed by atoms with Crippen LogP contribution in [-0.4, -0.2) is 52.4 Å². The lowest BCUT2D eigenvalue weighted by atomic mass is 10.2. The summed E-state index contributed by atoms with van der Waals surface area (Å²) in [4.78, 5) is 35.9. The van der Waals surface area contributed by atoms with Crippen molar-refractivity contribution in [1.82, 2.24) is 14.7 Å². The van der Waals surface area contributed by atoms with Crippen LogP contribution >= 0.6 is 11.6 Å². The molecule has 0 spiro atoms. The number of nitrogens with zero attached hydrogens (tertiary/aromatic N) is 3. The number of halogens is 1. The molecule has 9 heteroatoms. The van der Waals surface area contributed by atoms with Gasteiger partial charge in [0.05, 0.1) is 18.8 Å². The van der Waals surface area contributed by atoms with E-state index in [9.17, 15) is 14.4 Å². The van der Waals surface area contributed by atoms with E-state index in [1.807, 2.05) is 30.3 Å². The van der Waals surface area contributed by atoms with Gasteiger partial charge in [-0.15, -0.1) is 0 Å². The Morgan fingerprint density at radius 2 is 2.07 bits per heavy atom. The maximum Gasteiger partial charge on any atom is 0.416 e. The summed E-state index contributed by atoms with van der Waals surface area (Å²) in [6.45, 7) is 2.03. The highest BCUT2D eigenvalue weighted by molar-refractivity contribution is 6.31. The lowest BCUT2D eigenvalue weighted by molar-refractivity contribution is -0.146. The fourth-order valence-corrected chi connectivity index (χ4v) is 2.95. The van der Waals surface area contributed by atoms with Crippen LogP contribution in [0.3, 0.4) is 0 Å². The number of benzene rings is 1. The predicted octanol–water partition coefficient (Wildman–Crippen LogP) is 2.43. The highest BCUT2D eigenvalue weighted by Gasteiger charge is 2.28. The second kappa shape index (κ2) is 8.71. The molecule has 8 nitrogen and oxygen atoms in total. The van der Waals surface area contributed by atoms with E-state index in [0.29, 0.717) is 23.0 Å². The molecular formula is C19H18ClN3O5. The summed E-state index contributed by atoms with van der Waals surface area (Å²) in [7, 11) is 0. The molecule has 3 rings (SSSR count). The van der Waals surface area contributed by atoms with Gasteiger partial charge in [-0.2, -0.15) is 5.10 Å². The van der Waals surface area contributed by atoms with Crippen molar-refractivity contribution in [2.45, 2.75) is 13.5 Å². The number of amides is 2. The molecule has 0 radical (unpaired) electrons. The Morgan fingerprint density at radius 3 is 2.75 bits per heavy atom. The summed E-state index contributed by atoms with van der Waals surface area (Å²) in [6, 6.07) is 9.72. The van der Waals surface area contributed by atoms with Crippen molar-refractivity contribution in [2.24, 2.45) is 0 Å². The Bertz CT molecular complexity index is 923. The van der Waals surface area contributed by atoms with E-state index in [1.165, 1.54) is 12.2 Å². The fraction of sp³-hybridized carbons (Fsp3) is 0.263. The molecule has 0 bridgehead atoms. The monoisotopic (exact) mass is 403 g/mol. The third-order valence-corrected chi connectivity index (χ3v) is 4.47. The van der Waals surface area contributed by atoms with E-state index < -0.39 is 24.6 Å². The van der Waals surface area contributed by atoms with Gasteiger partial charge in [0.15, 0.2) is 6.61 Å². The Balaban J connectivity index is 1.59. The van der Waals surface area contributed by atoms with Gasteiger partial charge in [-0.05, 0) is 18.6 Å². The van der Waals surface area contributed by atoms with Crippen LogP contribution in [0, 0.1) is 6.92 Å². The van der Waals surface area contributed by atoms with Crippen molar-refractivity contribution in [3.63, 3.8) is 0 Å². The molecule has 2 aromatic rings. The first-order valence-corrected chi connectivity index (χ1v) is 8.92. The van der Waals surface area contributed by atoms with Crippen molar-refractivity contribution in [1.29, 1.82) is 0 Å². The minimum atomic E-state index is -0.732. The number of hydrogen-bond donors (Lipinski definition) is 0. The first kappa shape index (κ1) is 19.6. The molecule has 1 aromatic carbocycles. The molecule has 1 fully saturated rings. The number of aromatic nitrogens is 2. The summed E-state index contributed by atoms with van der Waals surface area (Å²) in [6.07, 6.45) is 1.92. The molecule has 0 unspecified atom stereocenters. The van der Waals surface area contributed by atoms with Crippen LogP contribution in [0.1, 0.15) is 16.8 Å². The molecule has 1 saturated heterocycles. The fourth-order valence-electron chi connectivity index (χ4n) is 2.65. The zero-order chi connectivity index (χ0) is 20.1. The van der Waals surface area contributed by atoms with E-state index >= 15 is 0 Å². The number of imide groups is 1. The maximum absolute atomic E-state index is 11.9. The topological polar surface area (TPSA) is 90.7 Å². The second-order valence-corrected chi connectivity index (χ2v) is 6.39. The van der Waals surface area contributed by atoms with E-state index in [2.05, 4.69) is 9.84 Å². The molecule has 1 aliphatic heterocycles. The average Bonchev–Trinajstić information content (AvgIpc) is 3.22. The highest BCUT2D eigenvalue weighted by atomic mass is 35.5. The smallest absolute Gasteiger partial charge is 0.416 e. The van der Waals surface area contributed by atoms with E-state index in [4.69, 9.17) is 16.3 Å². The van der Waals surface area contributed by atoms with Crippen LogP contribution in [0.15, 0.2) is 36.4 Å². The van der Waals surface area contributed by atoms with Crippen LogP contribution < -0.4 is 0 Å². The Hall–Kier alpha value is -3.13. The lowest BCUT2D eigenvalue weighted by Gasteiger charge is -2.09. The number of carbonyl (C=O) groups excluding carboxylic acids is 3. The quantitative estimate of drug-likeness (QED) is 0.543. The summed E-state index contributed by atoms with van der Waals surface area (Å²) >= 11 is 6.38.